The minimum absolute atomic E-state index is 0.404. The van der Waals surface area contributed by atoms with Crippen molar-refractivity contribution in [3.05, 3.63) is 41.5 Å². The summed E-state index contributed by atoms with van der Waals surface area (Å²) in [6, 6.07) is 7.17. The van der Waals surface area contributed by atoms with E-state index in [1.54, 1.807) is 12.1 Å². The third-order valence-electron chi connectivity index (χ3n) is 2.21. The molecule has 0 radical (unpaired) electrons. The van der Waals surface area contributed by atoms with Gasteiger partial charge in [0.05, 0.1) is 5.56 Å². The molecule has 0 aromatic heterocycles. The van der Waals surface area contributed by atoms with Gasteiger partial charge in [-0.05, 0) is 17.2 Å². The van der Waals surface area contributed by atoms with Crippen molar-refractivity contribution in [2.75, 3.05) is 11.5 Å². The third-order valence-corrected chi connectivity index (χ3v) is 3.13. The number of rotatable bonds is 2. The molecular formula is C11H10O2S. The molecule has 0 bridgehead atoms. The Morgan fingerprint density at radius 1 is 1.36 bits per heavy atom. The van der Waals surface area contributed by atoms with Crippen molar-refractivity contribution in [1.82, 2.24) is 0 Å². The molecule has 0 unspecified atom stereocenters. The summed E-state index contributed by atoms with van der Waals surface area (Å²) < 4.78 is 0. The van der Waals surface area contributed by atoms with Crippen LogP contribution in [0.4, 0.5) is 0 Å². The van der Waals surface area contributed by atoms with E-state index in [-0.39, 0.29) is 0 Å². The van der Waals surface area contributed by atoms with Gasteiger partial charge < -0.3 is 5.11 Å². The van der Waals surface area contributed by atoms with Gasteiger partial charge in [-0.1, -0.05) is 24.3 Å². The highest BCUT2D eigenvalue weighted by Gasteiger charge is 2.14. The summed E-state index contributed by atoms with van der Waals surface area (Å²) in [5, 5.41) is 8.99. The maximum atomic E-state index is 10.9. The number of hydrogen-bond donors (Lipinski definition) is 1. The molecule has 1 aromatic carbocycles. The number of carbonyl (C=O) groups is 1. The molecular weight excluding hydrogens is 196 g/mol. The van der Waals surface area contributed by atoms with Crippen LogP contribution in [0.5, 0.6) is 0 Å². The second-order valence-electron chi connectivity index (χ2n) is 3.10. The standard InChI is InChI=1S/C11H10O2S/c12-11(13)10-4-2-1-3-9(10)8-5-6-14-7-8/h1-5H,6-7H2,(H,12,13). The summed E-state index contributed by atoms with van der Waals surface area (Å²) in [4.78, 5) is 10.9. The van der Waals surface area contributed by atoms with Gasteiger partial charge >= 0.3 is 5.97 Å². The zero-order chi connectivity index (χ0) is 9.97. The molecule has 0 saturated carbocycles. The van der Waals surface area contributed by atoms with Crippen molar-refractivity contribution in [1.29, 1.82) is 0 Å². The largest absolute Gasteiger partial charge is 0.478 e. The van der Waals surface area contributed by atoms with E-state index in [9.17, 15) is 4.79 Å². The highest BCUT2D eigenvalue weighted by atomic mass is 32.2. The summed E-state index contributed by atoms with van der Waals surface area (Å²) >= 11 is 1.81. The predicted octanol–water partition coefficient (Wildman–Crippen LogP) is 2.52. The average Bonchev–Trinajstić information content (AvgIpc) is 2.70. The van der Waals surface area contributed by atoms with Gasteiger partial charge in [0.25, 0.3) is 0 Å². The Kier molecular flexibility index (Phi) is 2.59. The number of carboxylic acid groups (broad SMARTS) is 1. The van der Waals surface area contributed by atoms with Gasteiger partial charge in [0, 0.05) is 11.5 Å². The predicted molar refractivity (Wildman–Crippen MR) is 58.7 cm³/mol. The molecule has 3 heteroatoms. The van der Waals surface area contributed by atoms with E-state index in [0.717, 1.165) is 22.6 Å². The maximum absolute atomic E-state index is 10.9. The van der Waals surface area contributed by atoms with E-state index < -0.39 is 5.97 Å². The van der Waals surface area contributed by atoms with Gasteiger partial charge in [0.2, 0.25) is 0 Å². The Hall–Kier alpha value is -1.22. The number of hydrogen-bond acceptors (Lipinski definition) is 2. The van der Waals surface area contributed by atoms with Crippen LogP contribution in [0, 0.1) is 0 Å². The first-order valence-corrected chi connectivity index (χ1v) is 5.54. The highest BCUT2D eigenvalue weighted by molar-refractivity contribution is 8.00. The molecule has 2 nitrogen and oxygen atoms in total. The Balaban J connectivity index is 2.46. The minimum atomic E-state index is -0.849. The fraction of sp³-hybridized carbons (Fsp3) is 0.182. The number of benzene rings is 1. The molecule has 1 aromatic rings. The van der Waals surface area contributed by atoms with E-state index >= 15 is 0 Å². The van der Waals surface area contributed by atoms with Gasteiger partial charge in [-0.3, -0.25) is 0 Å². The molecule has 0 spiro atoms. The first-order valence-electron chi connectivity index (χ1n) is 4.38. The Labute approximate surface area is 86.6 Å². The molecule has 14 heavy (non-hydrogen) atoms. The highest BCUT2D eigenvalue weighted by Crippen LogP contribution is 2.28. The van der Waals surface area contributed by atoms with Crippen LogP contribution >= 0.6 is 11.8 Å². The molecule has 1 aliphatic heterocycles. The lowest BCUT2D eigenvalue weighted by Gasteiger charge is -2.05. The SMILES string of the molecule is O=C(O)c1ccccc1C1=CCSC1. The second kappa shape index (κ2) is 3.88. The van der Waals surface area contributed by atoms with E-state index in [0.29, 0.717) is 5.56 Å². The number of thioether (sulfide) groups is 1. The van der Waals surface area contributed by atoms with Crippen LogP contribution in [-0.4, -0.2) is 22.6 Å². The average molecular weight is 206 g/mol. The van der Waals surface area contributed by atoms with Gasteiger partial charge in [-0.2, -0.15) is 11.8 Å². The third kappa shape index (κ3) is 1.68. The summed E-state index contributed by atoms with van der Waals surface area (Å²) in [6.07, 6.45) is 2.10. The minimum Gasteiger partial charge on any atom is -0.478 e. The fourth-order valence-electron chi connectivity index (χ4n) is 1.52. The molecule has 1 N–H and O–H groups in total. The normalized spacial score (nSPS) is 15.3. The van der Waals surface area contributed by atoms with Crippen LogP contribution in [0.1, 0.15) is 15.9 Å². The van der Waals surface area contributed by atoms with Crippen molar-refractivity contribution >= 4 is 23.3 Å². The topological polar surface area (TPSA) is 37.3 Å². The molecule has 2 rings (SSSR count). The zero-order valence-corrected chi connectivity index (χ0v) is 8.38. The van der Waals surface area contributed by atoms with Gasteiger partial charge in [0.15, 0.2) is 0 Å². The number of aromatic carboxylic acids is 1. The lowest BCUT2D eigenvalue weighted by Crippen LogP contribution is -2.01. The van der Waals surface area contributed by atoms with Crippen molar-refractivity contribution in [2.24, 2.45) is 0 Å². The molecule has 0 fully saturated rings. The van der Waals surface area contributed by atoms with Gasteiger partial charge in [0.1, 0.15) is 0 Å². The van der Waals surface area contributed by atoms with E-state index in [1.165, 1.54) is 0 Å². The summed E-state index contributed by atoms with van der Waals surface area (Å²) in [5.41, 5.74) is 2.42. The number of carboxylic acids is 1. The van der Waals surface area contributed by atoms with E-state index in [2.05, 4.69) is 6.08 Å². The molecule has 1 heterocycles. The van der Waals surface area contributed by atoms with Crippen LogP contribution < -0.4 is 0 Å². The first-order chi connectivity index (χ1) is 6.79. The Morgan fingerprint density at radius 2 is 2.14 bits per heavy atom. The lowest BCUT2D eigenvalue weighted by molar-refractivity contribution is 0.0696. The molecule has 1 aliphatic rings. The second-order valence-corrected chi connectivity index (χ2v) is 4.13. The molecule has 0 amide bonds. The Morgan fingerprint density at radius 3 is 2.79 bits per heavy atom. The fourth-order valence-corrected chi connectivity index (χ4v) is 2.45. The van der Waals surface area contributed by atoms with Crippen LogP contribution in [0.3, 0.4) is 0 Å². The van der Waals surface area contributed by atoms with E-state index in [4.69, 9.17) is 5.11 Å². The lowest BCUT2D eigenvalue weighted by atomic mass is 10.0. The van der Waals surface area contributed by atoms with Crippen LogP contribution in [0.2, 0.25) is 0 Å². The monoisotopic (exact) mass is 206 g/mol. The van der Waals surface area contributed by atoms with Crippen molar-refractivity contribution in [3.8, 4) is 0 Å². The molecule has 72 valence electrons. The van der Waals surface area contributed by atoms with Crippen molar-refractivity contribution < 1.29 is 9.90 Å². The smallest absolute Gasteiger partial charge is 0.336 e. The van der Waals surface area contributed by atoms with Crippen molar-refractivity contribution in [2.45, 2.75) is 0 Å². The first kappa shape index (κ1) is 9.34. The quantitative estimate of drug-likeness (QED) is 0.807. The van der Waals surface area contributed by atoms with Gasteiger partial charge in [-0.15, -0.1) is 0 Å². The molecule has 0 saturated heterocycles. The van der Waals surface area contributed by atoms with Crippen LogP contribution in [0.25, 0.3) is 5.57 Å². The maximum Gasteiger partial charge on any atom is 0.336 e. The van der Waals surface area contributed by atoms with Crippen molar-refractivity contribution in [3.63, 3.8) is 0 Å². The zero-order valence-electron chi connectivity index (χ0n) is 7.56. The molecule has 0 aliphatic carbocycles. The summed E-state index contributed by atoms with van der Waals surface area (Å²) in [6.45, 7) is 0. The summed E-state index contributed by atoms with van der Waals surface area (Å²) in [7, 11) is 0. The molecule has 0 atom stereocenters. The summed E-state index contributed by atoms with van der Waals surface area (Å²) in [5.74, 6) is 1.06. The van der Waals surface area contributed by atoms with Crippen LogP contribution in [0.15, 0.2) is 30.3 Å². The Bertz CT molecular complexity index is 396. The van der Waals surface area contributed by atoms with Gasteiger partial charge in [-0.25, -0.2) is 4.79 Å². The van der Waals surface area contributed by atoms with E-state index in [1.807, 2.05) is 23.9 Å². The van der Waals surface area contributed by atoms with Crippen LogP contribution in [-0.2, 0) is 0 Å².